The van der Waals surface area contributed by atoms with Crippen molar-refractivity contribution in [3.8, 4) is 0 Å². The standard InChI is InChI=1S/C17H23N3/c1-3-4-12-20(13-16-9-5-6-10-18-16)14-17-15(2)8-7-11-19-17/h5-11H,3-4,12-14H2,1-2H3. The van der Waals surface area contributed by atoms with Gasteiger partial charge in [0.1, 0.15) is 0 Å². The Bertz CT molecular complexity index is 511. The zero-order valence-electron chi connectivity index (χ0n) is 12.4. The smallest absolute Gasteiger partial charge is 0.0573 e. The van der Waals surface area contributed by atoms with Gasteiger partial charge >= 0.3 is 0 Å². The molecule has 0 radical (unpaired) electrons. The maximum absolute atomic E-state index is 4.51. The summed E-state index contributed by atoms with van der Waals surface area (Å²) in [6.07, 6.45) is 6.15. The van der Waals surface area contributed by atoms with Gasteiger partial charge in [-0.05, 0) is 43.7 Å². The zero-order chi connectivity index (χ0) is 14.2. The maximum atomic E-state index is 4.51. The van der Waals surface area contributed by atoms with E-state index < -0.39 is 0 Å². The number of aromatic nitrogens is 2. The average Bonchev–Trinajstić information content (AvgIpc) is 2.48. The lowest BCUT2D eigenvalue weighted by atomic mass is 10.2. The van der Waals surface area contributed by atoms with Crippen molar-refractivity contribution in [2.45, 2.75) is 39.8 Å². The van der Waals surface area contributed by atoms with Crippen LogP contribution in [0.4, 0.5) is 0 Å². The summed E-state index contributed by atoms with van der Waals surface area (Å²) in [7, 11) is 0. The fraction of sp³-hybridized carbons (Fsp3) is 0.412. The van der Waals surface area contributed by atoms with Gasteiger partial charge in [0.15, 0.2) is 0 Å². The normalized spacial score (nSPS) is 10.9. The first-order chi connectivity index (χ1) is 9.79. The predicted octanol–water partition coefficient (Wildman–Crippen LogP) is 3.59. The van der Waals surface area contributed by atoms with E-state index in [1.54, 1.807) is 0 Å². The summed E-state index contributed by atoms with van der Waals surface area (Å²) in [5.41, 5.74) is 3.55. The van der Waals surface area contributed by atoms with E-state index in [2.05, 4.69) is 40.8 Å². The van der Waals surface area contributed by atoms with E-state index >= 15 is 0 Å². The first-order valence-corrected chi connectivity index (χ1v) is 7.32. The van der Waals surface area contributed by atoms with Crippen LogP contribution in [0.25, 0.3) is 0 Å². The predicted molar refractivity (Wildman–Crippen MR) is 82.2 cm³/mol. The number of hydrogen-bond donors (Lipinski definition) is 0. The van der Waals surface area contributed by atoms with Gasteiger partial charge in [-0.1, -0.05) is 25.5 Å². The second-order valence-corrected chi connectivity index (χ2v) is 5.15. The lowest BCUT2D eigenvalue weighted by Gasteiger charge is -2.22. The molecule has 0 fully saturated rings. The molecule has 106 valence electrons. The van der Waals surface area contributed by atoms with E-state index in [4.69, 9.17) is 0 Å². The molecule has 3 heteroatoms. The Morgan fingerprint density at radius 2 is 1.85 bits per heavy atom. The number of aryl methyl sites for hydroxylation is 1. The topological polar surface area (TPSA) is 29.0 Å². The lowest BCUT2D eigenvalue weighted by molar-refractivity contribution is 0.246. The minimum absolute atomic E-state index is 0.886. The van der Waals surface area contributed by atoms with Gasteiger partial charge in [0.05, 0.1) is 11.4 Å². The van der Waals surface area contributed by atoms with Crippen LogP contribution < -0.4 is 0 Å². The van der Waals surface area contributed by atoms with Crippen molar-refractivity contribution in [1.29, 1.82) is 0 Å². The molecule has 2 heterocycles. The van der Waals surface area contributed by atoms with Crippen LogP contribution in [0.5, 0.6) is 0 Å². The van der Waals surface area contributed by atoms with Gasteiger partial charge in [-0.3, -0.25) is 14.9 Å². The number of rotatable bonds is 7. The molecule has 2 aromatic rings. The van der Waals surface area contributed by atoms with Crippen LogP contribution in [0.1, 0.15) is 36.7 Å². The van der Waals surface area contributed by atoms with Gasteiger partial charge in [-0.25, -0.2) is 0 Å². The first-order valence-electron chi connectivity index (χ1n) is 7.32. The molecular weight excluding hydrogens is 246 g/mol. The van der Waals surface area contributed by atoms with Crippen molar-refractivity contribution in [3.05, 3.63) is 59.7 Å². The molecule has 0 amide bonds. The molecule has 0 bridgehead atoms. The van der Waals surface area contributed by atoms with Gasteiger partial charge < -0.3 is 0 Å². The van der Waals surface area contributed by atoms with E-state index in [0.717, 1.165) is 25.3 Å². The van der Waals surface area contributed by atoms with Crippen LogP contribution in [0.2, 0.25) is 0 Å². The fourth-order valence-electron chi connectivity index (χ4n) is 2.21. The third kappa shape index (κ3) is 4.42. The number of hydrogen-bond acceptors (Lipinski definition) is 3. The Morgan fingerprint density at radius 3 is 2.55 bits per heavy atom. The largest absolute Gasteiger partial charge is 0.292 e. The van der Waals surface area contributed by atoms with Crippen molar-refractivity contribution in [2.75, 3.05) is 6.54 Å². The summed E-state index contributed by atoms with van der Waals surface area (Å²) in [6.45, 7) is 7.22. The van der Waals surface area contributed by atoms with Crippen molar-refractivity contribution >= 4 is 0 Å². The molecule has 0 aliphatic heterocycles. The second kappa shape index (κ2) is 7.75. The molecule has 2 aromatic heterocycles. The molecular formula is C17H23N3. The molecule has 0 unspecified atom stereocenters. The summed E-state index contributed by atoms with van der Waals surface area (Å²) < 4.78 is 0. The van der Waals surface area contributed by atoms with Gasteiger partial charge in [-0.2, -0.15) is 0 Å². The summed E-state index contributed by atoms with van der Waals surface area (Å²) in [5.74, 6) is 0. The van der Waals surface area contributed by atoms with E-state index in [1.165, 1.54) is 24.1 Å². The van der Waals surface area contributed by atoms with E-state index in [1.807, 2.05) is 30.6 Å². The molecule has 0 aliphatic carbocycles. The van der Waals surface area contributed by atoms with Gasteiger partial charge in [0, 0.05) is 25.5 Å². The van der Waals surface area contributed by atoms with E-state index in [-0.39, 0.29) is 0 Å². The van der Waals surface area contributed by atoms with E-state index in [9.17, 15) is 0 Å². The van der Waals surface area contributed by atoms with Crippen molar-refractivity contribution in [3.63, 3.8) is 0 Å². The fourth-order valence-corrected chi connectivity index (χ4v) is 2.21. The zero-order valence-corrected chi connectivity index (χ0v) is 12.4. The third-order valence-corrected chi connectivity index (χ3v) is 3.43. The van der Waals surface area contributed by atoms with Crippen LogP contribution in [0.15, 0.2) is 42.7 Å². The Kier molecular flexibility index (Phi) is 5.69. The summed E-state index contributed by atoms with van der Waals surface area (Å²) in [5, 5.41) is 0. The molecule has 2 rings (SSSR count). The monoisotopic (exact) mass is 269 g/mol. The lowest BCUT2D eigenvalue weighted by Crippen LogP contribution is -2.25. The highest BCUT2D eigenvalue weighted by atomic mass is 15.1. The molecule has 0 N–H and O–H groups in total. The Hall–Kier alpha value is -1.74. The van der Waals surface area contributed by atoms with Gasteiger partial charge in [0.25, 0.3) is 0 Å². The molecule has 0 spiro atoms. The quantitative estimate of drug-likeness (QED) is 0.769. The highest BCUT2D eigenvalue weighted by Gasteiger charge is 2.09. The van der Waals surface area contributed by atoms with E-state index in [0.29, 0.717) is 0 Å². The number of unbranched alkanes of at least 4 members (excludes halogenated alkanes) is 1. The molecule has 0 aliphatic rings. The Balaban J connectivity index is 2.05. The third-order valence-electron chi connectivity index (χ3n) is 3.43. The number of pyridine rings is 2. The molecule has 3 nitrogen and oxygen atoms in total. The summed E-state index contributed by atoms with van der Waals surface area (Å²) >= 11 is 0. The second-order valence-electron chi connectivity index (χ2n) is 5.15. The summed E-state index contributed by atoms with van der Waals surface area (Å²) in [6, 6.07) is 10.2. The van der Waals surface area contributed by atoms with Crippen LogP contribution in [0, 0.1) is 6.92 Å². The van der Waals surface area contributed by atoms with Crippen LogP contribution in [-0.2, 0) is 13.1 Å². The summed E-state index contributed by atoms with van der Waals surface area (Å²) in [4.78, 5) is 11.4. The Morgan fingerprint density at radius 1 is 1.00 bits per heavy atom. The molecule has 0 atom stereocenters. The maximum Gasteiger partial charge on any atom is 0.0573 e. The minimum atomic E-state index is 0.886. The van der Waals surface area contributed by atoms with Crippen molar-refractivity contribution in [2.24, 2.45) is 0 Å². The van der Waals surface area contributed by atoms with Crippen molar-refractivity contribution < 1.29 is 0 Å². The Labute approximate surface area is 121 Å². The van der Waals surface area contributed by atoms with Crippen LogP contribution >= 0.6 is 0 Å². The molecule has 0 saturated carbocycles. The molecule has 0 saturated heterocycles. The SMILES string of the molecule is CCCCN(Cc1ccccn1)Cc1ncccc1C. The highest BCUT2D eigenvalue weighted by molar-refractivity contribution is 5.17. The van der Waals surface area contributed by atoms with Gasteiger partial charge in [0.2, 0.25) is 0 Å². The van der Waals surface area contributed by atoms with Crippen molar-refractivity contribution in [1.82, 2.24) is 14.9 Å². The highest BCUT2D eigenvalue weighted by Crippen LogP contribution is 2.11. The minimum Gasteiger partial charge on any atom is -0.292 e. The van der Waals surface area contributed by atoms with Gasteiger partial charge in [-0.15, -0.1) is 0 Å². The molecule has 0 aromatic carbocycles. The van der Waals surface area contributed by atoms with Crippen LogP contribution in [-0.4, -0.2) is 21.4 Å². The number of nitrogens with zero attached hydrogens (tertiary/aromatic N) is 3. The average molecular weight is 269 g/mol. The molecule has 20 heavy (non-hydrogen) atoms. The van der Waals surface area contributed by atoms with Crippen LogP contribution in [0.3, 0.4) is 0 Å². The first kappa shape index (κ1) is 14.7.